The van der Waals surface area contributed by atoms with Crippen LogP contribution in [0.2, 0.25) is 13.3 Å². The van der Waals surface area contributed by atoms with Crippen LogP contribution in [0, 0.1) is 5.92 Å². The van der Waals surface area contributed by atoms with Gasteiger partial charge in [0, 0.05) is 0 Å². The van der Waals surface area contributed by atoms with Crippen LogP contribution in [0.4, 0.5) is 0 Å². The third kappa shape index (κ3) is 6.90. The first-order valence-corrected chi connectivity index (χ1v) is 19.8. The first kappa shape index (κ1) is 24.0. The fourth-order valence-corrected chi connectivity index (χ4v) is 24.7. The zero-order chi connectivity index (χ0) is 20.2. The summed E-state index contributed by atoms with van der Waals surface area (Å²) < 4.78 is 5.83. The van der Waals surface area contributed by atoms with Crippen LogP contribution in [0.3, 0.4) is 0 Å². The SMILES string of the molecule is C=CC[C@@H]1C[C@@H]([Sn]([CH2]CCC)([CH2]CCC)[CH2]CCC)N(Cc2ccccc2)C1. The molecule has 2 rings (SSSR count). The van der Waals surface area contributed by atoms with Crippen molar-refractivity contribution in [2.75, 3.05) is 6.54 Å². The van der Waals surface area contributed by atoms with Crippen LogP contribution < -0.4 is 0 Å². The molecule has 0 spiro atoms. The van der Waals surface area contributed by atoms with E-state index in [0.29, 0.717) is 0 Å². The van der Waals surface area contributed by atoms with Gasteiger partial charge in [-0.3, -0.25) is 0 Å². The van der Waals surface area contributed by atoms with Crippen LogP contribution in [0.15, 0.2) is 43.0 Å². The third-order valence-electron chi connectivity index (χ3n) is 7.01. The Balaban J connectivity index is 2.30. The monoisotopic (exact) mass is 491 g/mol. The van der Waals surface area contributed by atoms with Gasteiger partial charge in [-0.05, 0) is 0 Å². The molecule has 1 fully saturated rings. The van der Waals surface area contributed by atoms with Crippen molar-refractivity contribution in [3.05, 3.63) is 48.6 Å². The van der Waals surface area contributed by atoms with Crippen molar-refractivity contribution >= 4 is 18.4 Å². The molecule has 1 aliphatic heterocycles. The van der Waals surface area contributed by atoms with Gasteiger partial charge >= 0.3 is 180 Å². The van der Waals surface area contributed by atoms with E-state index < -0.39 is 18.4 Å². The predicted molar refractivity (Wildman–Crippen MR) is 128 cm³/mol. The Bertz CT molecular complexity index is 519. The molecule has 1 aromatic rings. The van der Waals surface area contributed by atoms with Crippen LogP contribution in [0.25, 0.3) is 0 Å². The maximum atomic E-state index is 4.07. The van der Waals surface area contributed by atoms with E-state index in [-0.39, 0.29) is 0 Å². The number of benzene rings is 1. The summed E-state index contributed by atoms with van der Waals surface area (Å²) in [5.41, 5.74) is 1.51. The molecular weight excluding hydrogens is 445 g/mol. The normalized spacial score (nSPS) is 20.5. The van der Waals surface area contributed by atoms with Crippen molar-refractivity contribution in [3.8, 4) is 0 Å². The Morgan fingerprint density at radius 1 is 0.964 bits per heavy atom. The van der Waals surface area contributed by atoms with Crippen LogP contribution in [-0.4, -0.2) is 33.9 Å². The number of nitrogens with zero attached hydrogens (tertiary/aromatic N) is 1. The van der Waals surface area contributed by atoms with Crippen molar-refractivity contribution in [1.82, 2.24) is 4.90 Å². The van der Waals surface area contributed by atoms with Gasteiger partial charge in [-0.1, -0.05) is 0 Å². The molecule has 0 radical (unpaired) electrons. The van der Waals surface area contributed by atoms with Crippen molar-refractivity contribution in [2.45, 2.75) is 96.1 Å². The first-order chi connectivity index (χ1) is 13.7. The summed E-state index contributed by atoms with van der Waals surface area (Å²) in [6, 6.07) is 11.2. The number of allylic oxidation sites excluding steroid dienone is 1. The molecule has 0 aliphatic carbocycles. The van der Waals surface area contributed by atoms with Gasteiger partial charge < -0.3 is 0 Å². The number of rotatable bonds is 14. The maximum absolute atomic E-state index is 4.07. The fourth-order valence-electron chi connectivity index (χ4n) is 5.50. The average Bonchev–Trinajstić information content (AvgIpc) is 3.11. The van der Waals surface area contributed by atoms with E-state index in [4.69, 9.17) is 0 Å². The predicted octanol–water partition coefficient (Wildman–Crippen LogP) is 7.84. The molecule has 0 aromatic heterocycles. The van der Waals surface area contributed by atoms with Gasteiger partial charge in [0.1, 0.15) is 0 Å². The Morgan fingerprint density at radius 2 is 1.54 bits per heavy atom. The number of hydrogen-bond acceptors (Lipinski definition) is 1. The summed E-state index contributed by atoms with van der Waals surface area (Å²) in [7, 11) is 0. The Kier molecular flexibility index (Phi) is 11.2. The second-order valence-electron chi connectivity index (χ2n) is 9.23. The summed E-state index contributed by atoms with van der Waals surface area (Å²) in [4.78, 5) is 2.96. The number of unbranched alkanes of at least 4 members (excludes halogenated alkanes) is 3. The van der Waals surface area contributed by atoms with E-state index >= 15 is 0 Å². The topological polar surface area (TPSA) is 3.24 Å². The molecule has 158 valence electrons. The second kappa shape index (κ2) is 13.1. The number of hydrogen-bond donors (Lipinski definition) is 0. The zero-order valence-electron chi connectivity index (χ0n) is 19.0. The molecule has 0 N–H and O–H groups in total. The summed E-state index contributed by atoms with van der Waals surface area (Å²) in [5.74, 6) is 0.840. The van der Waals surface area contributed by atoms with Gasteiger partial charge in [0.15, 0.2) is 0 Å². The van der Waals surface area contributed by atoms with Gasteiger partial charge in [0.25, 0.3) is 0 Å². The Hall–Kier alpha value is -0.281. The molecule has 1 saturated heterocycles. The molecule has 0 saturated carbocycles. The summed E-state index contributed by atoms with van der Waals surface area (Å²) >= 11 is -2.26. The van der Waals surface area contributed by atoms with E-state index in [0.717, 1.165) is 9.98 Å². The minimum absolute atomic E-state index is 0.840. The quantitative estimate of drug-likeness (QED) is 0.190. The van der Waals surface area contributed by atoms with Gasteiger partial charge in [-0.25, -0.2) is 0 Å². The van der Waals surface area contributed by atoms with Crippen LogP contribution in [0.5, 0.6) is 0 Å². The standard InChI is InChI=1S/C14H18N.3C4H9.Sn/c1-2-6-13-9-10-15(11-13)12-14-7-4-3-5-8-14;3*1-3-4-2;/h2-5,7-8,10,13H,1,6,9,11-12H2;3*1,3-4H2,2H3;/t13-;;;;/m1..../s1. The molecule has 2 atom stereocenters. The summed E-state index contributed by atoms with van der Waals surface area (Å²) in [6.45, 7) is 13.7. The van der Waals surface area contributed by atoms with E-state index in [2.05, 4.69) is 68.7 Å². The molecule has 0 bridgehead atoms. The first-order valence-electron chi connectivity index (χ1n) is 12.1. The molecule has 1 heterocycles. The molecule has 0 unspecified atom stereocenters. The summed E-state index contributed by atoms with van der Waals surface area (Å²) in [5, 5.41) is 0. The van der Waals surface area contributed by atoms with Crippen molar-refractivity contribution in [3.63, 3.8) is 0 Å². The third-order valence-corrected chi connectivity index (χ3v) is 24.3. The fraction of sp³-hybridized carbons (Fsp3) is 0.692. The van der Waals surface area contributed by atoms with E-state index in [1.165, 1.54) is 70.0 Å². The van der Waals surface area contributed by atoms with Gasteiger partial charge in [-0.2, -0.15) is 0 Å². The van der Waals surface area contributed by atoms with Gasteiger partial charge in [0.05, 0.1) is 0 Å². The van der Waals surface area contributed by atoms with E-state index in [1.807, 2.05) is 0 Å². The second-order valence-corrected chi connectivity index (χ2v) is 23.2. The molecule has 1 aliphatic rings. The molecular formula is C26H45NSn. The van der Waals surface area contributed by atoms with E-state index in [9.17, 15) is 0 Å². The van der Waals surface area contributed by atoms with Crippen molar-refractivity contribution in [2.24, 2.45) is 5.92 Å². The molecule has 0 amide bonds. The van der Waals surface area contributed by atoms with Crippen molar-refractivity contribution in [1.29, 1.82) is 0 Å². The minimum atomic E-state index is -2.26. The average molecular weight is 490 g/mol. The molecule has 2 heteroatoms. The van der Waals surface area contributed by atoms with Crippen LogP contribution >= 0.6 is 0 Å². The summed E-state index contributed by atoms with van der Waals surface area (Å²) in [6.07, 6.45) is 13.4. The van der Waals surface area contributed by atoms with Crippen LogP contribution in [0.1, 0.15) is 77.7 Å². The Labute approximate surface area is 179 Å². The molecule has 28 heavy (non-hydrogen) atoms. The number of likely N-dealkylation sites (tertiary alicyclic amines) is 1. The molecule has 1 nitrogen and oxygen atoms in total. The van der Waals surface area contributed by atoms with Gasteiger partial charge in [-0.15, -0.1) is 0 Å². The molecule has 1 aromatic carbocycles. The van der Waals surface area contributed by atoms with Crippen LogP contribution in [-0.2, 0) is 6.54 Å². The Morgan fingerprint density at radius 3 is 2.04 bits per heavy atom. The zero-order valence-corrected chi connectivity index (χ0v) is 21.8. The van der Waals surface area contributed by atoms with E-state index in [1.54, 1.807) is 13.3 Å². The van der Waals surface area contributed by atoms with Crippen molar-refractivity contribution < 1.29 is 0 Å². The van der Waals surface area contributed by atoms with Gasteiger partial charge in [0.2, 0.25) is 0 Å².